The van der Waals surface area contributed by atoms with E-state index in [2.05, 4.69) is 15.0 Å². The van der Waals surface area contributed by atoms with Crippen LogP contribution < -0.4 is 11.5 Å². The molecule has 1 aliphatic rings. The van der Waals surface area contributed by atoms with E-state index >= 15 is 0 Å². The lowest BCUT2D eigenvalue weighted by atomic mass is 10.1. The van der Waals surface area contributed by atoms with Gasteiger partial charge in [-0.15, -0.1) is 0 Å². The number of fused-ring (bicyclic) bond motifs is 1. The van der Waals surface area contributed by atoms with Crippen molar-refractivity contribution in [2.75, 3.05) is 35.9 Å². The number of aliphatic hydroxyl groups excluding tert-OH is 3. The van der Waals surface area contributed by atoms with Gasteiger partial charge in [0, 0.05) is 6.42 Å². The number of hydrogen-bond acceptors (Lipinski definition) is 13. The number of carboxylic acids is 1. The molecule has 0 aliphatic carbocycles. The number of aliphatic hydroxyl groups is 3. The summed E-state index contributed by atoms with van der Waals surface area (Å²) in [5.41, 5.74) is 12.1. The monoisotopic (exact) mass is 524 g/mol. The fourth-order valence-electron chi connectivity index (χ4n) is 3.08. The van der Waals surface area contributed by atoms with Crippen molar-refractivity contribution in [1.82, 2.24) is 19.5 Å². The third kappa shape index (κ3) is 7.44. The summed E-state index contributed by atoms with van der Waals surface area (Å²) in [4.78, 5) is 23.0. The van der Waals surface area contributed by atoms with Crippen LogP contribution in [0.3, 0.4) is 0 Å². The van der Waals surface area contributed by atoms with Crippen LogP contribution in [0, 0.1) is 0 Å². The van der Waals surface area contributed by atoms with Gasteiger partial charge in [-0.05, 0) is 10.9 Å². The topological polar surface area (TPSA) is 260 Å². The third-order valence-corrected chi connectivity index (χ3v) is 7.40. The molecule has 34 heavy (non-hydrogen) atoms. The Bertz CT molecular complexity index is 1070. The molecular formula is C17H28N6O9S2. The van der Waals surface area contributed by atoms with Crippen molar-refractivity contribution in [3.8, 4) is 0 Å². The maximum absolute atomic E-state index is 10.8. The van der Waals surface area contributed by atoms with Gasteiger partial charge in [0.05, 0.1) is 35.1 Å². The first kappa shape index (κ1) is 28.1. The molecule has 6 atom stereocenters. The Kier molecular flexibility index (Phi) is 9.95. The zero-order valence-electron chi connectivity index (χ0n) is 18.2. The minimum Gasteiger partial charge on any atom is -0.748 e. The number of anilines is 1. The average molecular weight is 525 g/mol. The number of nitrogen functional groups attached to an aromatic ring is 1. The van der Waals surface area contributed by atoms with Gasteiger partial charge in [0.15, 0.2) is 17.7 Å². The molecule has 1 unspecified atom stereocenters. The standard InChI is InChI=1S/C15H22N6O5S.C2H6O4S/c1-27(3-2-7(16)15(24)25)4-8-10(22)11(23)14(26-8)21-6-20-9-12(17)18-5-19-13(9)21;3-1-2-7(4,5)6/h5-8,10-11,14,22-23H,2-4,16H2,1H3,(H2-,17,18,19,24,25);3H,1-2H2,(H,4,5,6)/t7-,8+,10+,11+,14+,27?;/m0./s1. The van der Waals surface area contributed by atoms with E-state index in [1.165, 1.54) is 17.2 Å². The van der Waals surface area contributed by atoms with Crippen LogP contribution in [-0.4, -0.2) is 113 Å². The van der Waals surface area contributed by atoms with Crippen molar-refractivity contribution in [1.29, 1.82) is 0 Å². The van der Waals surface area contributed by atoms with Gasteiger partial charge in [-0.3, -0.25) is 9.36 Å². The van der Waals surface area contributed by atoms with E-state index in [9.17, 15) is 28.0 Å². The molecule has 0 saturated carbocycles. The fourth-order valence-corrected chi connectivity index (χ4v) is 4.96. The van der Waals surface area contributed by atoms with Crippen LogP contribution in [0.2, 0.25) is 0 Å². The zero-order chi connectivity index (χ0) is 25.6. The summed E-state index contributed by atoms with van der Waals surface area (Å²) in [7, 11) is -4.41. The van der Waals surface area contributed by atoms with E-state index in [0.717, 1.165) is 0 Å². The van der Waals surface area contributed by atoms with Crippen LogP contribution in [0.25, 0.3) is 11.2 Å². The smallest absolute Gasteiger partial charge is 0.320 e. The van der Waals surface area contributed by atoms with Crippen LogP contribution in [-0.2, 0) is 30.5 Å². The van der Waals surface area contributed by atoms with Gasteiger partial charge in [0.2, 0.25) is 0 Å². The van der Waals surface area contributed by atoms with Crippen LogP contribution >= 0.6 is 0 Å². The van der Waals surface area contributed by atoms with Crippen molar-refractivity contribution >= 4 is 44.0 Å². The predicted molar refractivity (Wildman–Crippen MR) is 121 cm³/mol. The molecule has 0 spiro atoms. The second-order valence-electron chi connectivity index (χ2n) is 7.50. The Morgan fingerprint density at radius 3 is 2.56 bits per heavy atom. The molecule has 15 nitrogen and oxygen atoms in total. The fraction of sp³-hybridized carbons (Fsp3) is 0.647. The van der Waals surface area contributed by atoms with Crippen molar-refractivity contribution in [3.63, 3.8) is 0 Å². The van der Waals surface area contributed by atoms with Crippen LogP contribution in [0.5, 0.6) is 0 Å². The summed E-state index contributed by atoms with van der Waals surface area (Å²) in [5.74, 6) is -0.433. The normalized spacial score (nSPS) is 24.4. The summed E-state index contributed by atoms with van der Waals surface area (Å²) in [5, 5.41) is 37.5. The molecule has 0 amide bonds. The number of hydrogen-bond donors (Lipinski definition) is 6. The summed E-state index contributed by atoms with van der Waals surface area (Å²) in [6.45, 7) is -0.591. The average Bonchev–Trinajstić information content (AvgIpc) is 3.29. The Labute approximate surface area is 197 Å². The quantitative estimate of drug-likeness (QED) is 0.138. The van der Waals surface area contributed by atoms with Gasteiger partial charge < -0.3 is 41.2 Å². The van der Waals surface area contributed by atoms with E-state index in [0.29, 0.717) is 29.1 Å². The summed E-state index contributed by atoms with van der Waals surface area (Å²) >= 11 is 0. The van der Waals surface area contributed by atoms with Gasteiger partial charge in [-0.2, -0.15) is 0 Å². The van der Waals surface area contributed by atoms with Gasteiger partial charge in [-0.1, -0.05) is 0 Å². The molecule has 17 heteroatoms. The number of rotatable bonds is 9. The first-order chi connectivity index (χ1) is 15.9. The molecule has 3 heterocycles. The highest BCUT2D eigenvalue weighted by Crippen LogP contribution is 2.32. The van der Waals surface area contributed by atoms with Gasteiger partial charge in [-0.25, -0.2) is 23.4 Å². The summed E-state index contributed by atoms with van der Waals surface area (Å²) in [6, 6.07) is -0.907. The van der Waals surface area contributed by atoms with Gasteiger partial charge in [0.1, 0.15) is 47.7 Å². The minimum atomic E-state index is -4.17. The number of nitrogens with zero attached hydrogens (tertiary/aromatic N) is 4. The maximum atomic E-state index is 10.8. The van der Waals surface area contributed by atoms with E-state index in [-0.39, 0.29) is 16.7 Å². The number of imidazole rings is 1. The Hall–Kier alpha value is -2.12. The van der Waals surface area contributed by atoms with E-state index < -0.39 is 59.0 Å². The minimum absolute atomic E-state index is 0.216. The lowest BCUT2D eigenvalue weighted by Crippen LogP contribution is -2.37. The molecule has 1 saturated heterocycles. The first-order valence-corrected chi connectivity index (χ1v) is 13.5. The van der Waals surface area contributed by atoms with E-state index in [1.54, 1.807) is 0 Å². The van der Waals surface area contributed by atoms with Crippen LogP contribution in [0.4, 0.5) is 5.82 Å². The SMILES string of the molecule is C[S+](CC[C@H](N)C(=O)O)C[C@H]1O[C@@H](n2cnc3c(N)ncnc32)[C@H](O)[C@@H]1O.O=S(=O)([O-])CCO. The Balaban J connectivity index is 0.000000509. The number of carboxylic acid groups (broad SMARTS) is 1. The van der Waals surface area contributed by atoms with Crippen molar-refractivity contribution in [2.45, 2.75) is 37.0 Å². The third-order valence-electron chi connectivity index (χ3n) is 4.88. The second-order valence-corrected chi connectivity index (χ2v) is 11.3. The molecule has 192 valence electrons. The first-order valence-electron chi connectivity index (χ1n) is 9.92. The number of aliphatic carboxylic acids is 1. The molecule has 0 aromatic carbocycles. The lowest BCUT2D eigenvalue weighted by molar-refractivity contribution is -0.138. The van der Waals surface area contributed by atoms with Crippen molar-refractivity contribution in [2.24, 2.45) is 5.73 Å². The maximum Gasteiger partial charge on any atom is 0.320 e. The highest BCUT2D eigenvalue weighted by molar-refractivity contribution is 7.96. The van der Waals surface area contributed by atoms with Gasteiger partial charge in [0.25, 0.3) is 0 Å². The molecule has 2 aromatic heterocycles. The largest absolute Gasteiger partial charge is 0.748 e. The lowest BCUT2D eigenvalue weighted by Gasteiger charge is -2.16. The Morgan fingerprint density at radius 2 is 2.00 bits per heavy atom. The molecule has 3 rings (SSSR count). The summed E-state index contributed by atoms with van der Waals surface area (Å²) < 4.78 is 36.0. The highest BCUT2D eigenvalue weighted by Gasteiger charge is 2.46. The summed E-state index contributed by atoms with van der Waals surface area (Å²) in [6.07, 6.45) is 1.31. The van der Waals surface area contributed by atoms with E-state index in [4.69, 9.17) is 26.4 Å². The number of aromatic nitrogens is 4. The molecule has 0 bridgehead atoms. The predicted octanol–water partition coefficient (Wildman–Crippen LogP) is -3.40. The van der Waals surface area contributed by atoms with Crippen LogP contribution in [0.1, 0.15) is 12.6 Å². The van der Waals surface area contributed by atoms with E-state index in [1.807, 2.05) is 6.26 Å². The molecule has 1 fully saturated rings. The Morgan fingerprint density at radius 1 is 1.32 bits per heavy atom. The van der Waals surface area contributed by atoms with Crippen molar-refractivity contribution < 1.29 is 42.9 Å². The number of ether oxygens (including phenoxy) is 1. The highest BCUT2D eigenvalue weighted by atomic mass is 32.2. The zero-order valence-corrected chi connectivity index (χ0v) is 19.8. The molecule has 2 aromatic rings. The molecule has 0 radical (unpaired) electrons. The number of nitrogens with two attached hydrogens (primary N) is 2. The molecule has 1 aliphatic heterocycles. The van der Waals surface area contributed by atoms with Gasteiger partial charge >= 0.3 is 5.97 Å². The van der Waals surface area contributed by atoms with Crippen LogP contribution in [0.15, 0.2) is 12.7 Å². The molecular weight excluding hydrogens is 496 g/mol. The molecule has 8 N–H and O–H groups in total. The second kappa shape index (κ2) is 12.0. The number of carbonyl (C=O) groups is 1. The van der Waals surface area contributed by atoms with Crippen molar-refractivity contribution in [3.05, 3.63) is 12.7 Å².